The van der Waals surface area contributed by atoms with Crippen LogP contribution < -0.4 is 11.0 Å². The quantitative estimate of drug-likeness (QED) is 0.545. The Morgan fingerprint density at radius 1 is 1.58 bits per heavy atom. The summed E-state index contributed by atoms with van der Waals surface area (Å²) in [6.07, 6.45) is 6.40. The van der Waals surface area contributed by atoms with Crippen LogP contribution in [-0.4, -0.2) is 27.6 Å². The fourth-order valence-corrected chi connectivity index (χ4v) is 2.24. The summed E-state index contributed by atoms with van der Waals surface area (Å²) in [5, 5.41) is 9.08. The number of carbonyl (C=O) groups excluding carboxylic acids is 1. The Morgan fingerprint density at radius 2 is 2.42 bits per heavy atom. The van der Waals surface area contributed by atoms with E-state index in [9.17, 15) is 9.59 Å². The second-order valence-corrected chi connectivity index (χ2v) is 5.04. The molecule has 104 valence electrons. The van der Waals surface area contributed by atoms with Crippen molar-refractivity contribution in [2.75, 3.05) is 6.54 Å². The average Bonchev–Trinajstić information content (AvgIpc) is 2.81. The lowest BCUT2D eigenvalue weighted by Crippen LogP contribution is -2.32. The van der Waals surface area contributed by atoms with Crippen LogP contribution in [0.5, 0.6) is 0 Å². The fraction of sp³-hybridized carbons (Fsp3) is 0.615. The van der Waals surface area contributed by atoms with Gasteiger partial charge >= 0.3 is 5.69 Å². The lowest BCUT2D eigenvalue weighted by molar-refractivity contribution is -0.125. The predicted octanol–water partition coefficient (Wildman–Crippen LogP) is 0.893. The molecule has 0 radical (unpaired) electrons. The number of H-pyrrole nitrogens is 2. The van der Waals surface area contributed by atoms with Gasteiger partial charge in [0.05, 0.1) is 0 Å². The third-order valence-electron chi connectivity index (χ3n) is 3.45. The average molecular weight is 264 g/mol. The number of allylic oxidation sites excluding steroid dienone is 2. The zero-order valence-corrected chi connectivity index (χ0v) is 11.2. The number of nitrogens with one attached hydrogen (secondary N) is 3. The highest BCUT2D eigenvalue weighted by atomic mass is 16.2. The number of hydrogen-bond donors (Lipinski definition) is 3. The first-order chi connectivity index (χ1) is 9.15. The van der Waals surface area contributed by atoms with Gasteiger partial charge in [-0.2, -0.15) is 5.10 Å². The molecule has 0 bridgehead atoms. The Bertz CT molecular complexity index is 515. The molecule has 1 aliphatic carbocycles. The molecular weight excluding hydrogens is 244 g/mol. The van der Waals surface area contributed by atoms with Gasteiger partial charge in [0.15, 0.2) is 0 Å². The van der Waals surface area contributed by atoms with Crippen molar-refractivity contribution in [2.24, 2.45) is 5.92 Å². The molecular formula is C13H20N4O2. The molecule has 0 saturated heterocycles. The first kappa shape index (κ1) is 13.6. The molecule has 1 aliphatic rings. The third kappa shape index (κ3) is 4.08. The molecule has 0 aliphatic heterocycles. The first-order valence-electron chi connectivity index (χ1n) is 6.72. The molecule has 1 aromatic heterocycles. The number of amides is 1. The predicted molar refractivity (Wildman–Crippen MR) is 71.6 cm³/mol. The SMILES string of the molecule is CC1=CC[C@H](C(=O)NCCCc2n[nH]c(=O)[nH]2)CC1. The Kier molecular flexibility index (Phi) is 4.54. The van der Waals surface area contributed by atoms with Crippen LogP contribution in [0.15, 0.2) is 16.4 Å². The largest absolute Gasteiger partial charge is 0.356 e. The zero-order chi connectivity index (χ0) is 13.7. The minimum Gasteiger partial charge on any atom is -0.356 e. The molecule has 0 fully saturated rings. The van der Waals surface area contributed by atoms with Gasteiger partial charge in [-0.05, 0) is 32.6 Å². The molecule has 3 N–H and O–H groups in total. The summed E-state index contributed by atoms with van der Waals surface area (Å²) in [4.78, 5) is 25.3. The summed E-state index contributed by atoms with van der Waals surface area (Å²) >= 11 is 0. The van der Waals surface area contributed by atoms with Crippen molar-refractivity contribution in [2.45, 2.75) is 39.0 Å². The minimum absolute atomic E-state index is 0.119. The van der Waals surface area contributed by atoms with Gasteiger partial charge in [0, 0.05) is 18.9 Å². The van der Waals surface area contributed by atoms with Crippen molar-refractivity contribution >= 4 is 5.91 Å². The normalized spacial score (nSPS) is 19.0. The number of nitrogens with zero attached hydrogens (tertiary/aromatic N) is 1. The van der Waals surface area contributed by atoms with Crippen molar-refractivity contribution in [1.82, 2.24) is 20.5 Å². The molecule has 1 atom stereocenters. The summed E-state index contributed by atoms with van der Waals surface area (Å²) in [6.45, 7) is 2.73. The molecule has 2 rings (SSSR count). The van der Waals surface area contributed by atoms with Crippen molar-refractivity contribution < 1.29 is 4.79 Å². The number of carbonyl (C=O) groups is 1. The maximum Gasteiger partial charge on any atom is 0.340 e. The van der Waals surface area contributed by atoms with Crippen molar-refractivity contribution in [3.8, 4) is 0 Å². The molecule has 1 aromatic rings. The van der Waals surface area contributed by atoms with E-state index in [2.05, 4.69) is 33.5 Å². The van der Waals surface area contributed by atoms with Crippen LogP contribution in [0.1, 0.15) is 38.4 Å². The number of aryl methyl sites for hydroxylation is 1. The van der Waals surface area contributed by atoms with E-state index >= 15 is 0 Å². The van der Waals surface area contributed by atoms with Gasteiger partial charge in [-0.1, -0.05) is 11.6 Å². The van der Waals surface area contributed by atoms with Gasteiger partial charge in [0.25, 0.3) is 0 Å². The van der Waals surface area contributed by atoms with E-state index in [0.717, 1.165) is 25.7 Å². The van der Waals surface area contributed by atoms with E-state index in [1.807, 2.05) is 0 Å². The van der Waals surface area contributed by atoms with Crippen LogP contribution in [0.4, 0.5) is 0 Å². The van der Waals surface area contributed by atoms with Crippen molar-refractivity contribution in [3.63, 3.8) is 0 Å². The maximum atomic E-state index is 11.9. The van der Waals surface area contributed by atoms with Gasteiger partial charge in [0.1, 0.15) is 5.82 Å². The first-order valence-corrected chi connectivity index (χ1v) is 6.72. The monoisotopic (exact) mass is 264 g/mol. The summed E-state index contributed by atoms with van der Waals surface area (Å²) < 4.78 is 0. The Labute approximate surface area is 111 Å². The van der Waals surface area contributed by atoms with Crippen molar-refractivity contribution in [1.29, 1.82) is 0 Å². The zero-order valence-electron chi connectivity index (χ0n) is 11.2. The van der Waals surface area contributed by atoms with Gasteiger partial charge < -0.3 is 5.32 Å². The second kappa shape index (κ2) is 6.36. The fourth-order valence-electron chi connectivity index (χ4n) is 2.24. The van der Waals surface area contributed by atoms with E-state index in [4.69, 9.17) is 0 Å². The van der Waals surface area contributed by atoms with Crippen molar-refractivity contribution in [3.05, 3.63) is 28.0 Å². The van der Waals surface area contributed by atoms with Crippen LogP contribution in [-0.2, 0) is 11.2 Å². The summed E-state index contributed by atoms with van der Waals surface area (Å²) in [7, 11) is 0. The smallest absolute Gasteiger partial charge is 0.340 e. The minimum atomic E-state index is -0.289. The van der Waals surface area contributed by atoms with Crippen LogP contribution in [0.3, 0.4) is 0 Å². The molecule has 0 saturated carbocycles. The van der Waals surface area contributed by atoms with Crippen LogP contribution >= 0.6 is 0 Å². The Balaban J connectivity index is 1.65. The molecule has 0 aromatic carbocycles. The molecule has 1 amide bonds. The Hall–Kier alpha value is -1.85. The van der Waals surface area contributed by atoms with Gasteiger partial charge in [-0.3, -0.25) is 9.78 Å². The lowest BCUT2D eigenvalue weighted by atomic mass is 9.89. The number of aromatic nitrogens is 3. The van der Waals surface area contributed by atoms with Crippen LogP contribution in [0, 0.1) is 5.92 Å². The molecule has 1 heterocycles. The standard InChI is InChI=1S/C13H20N4O2/c1-9-4-6-10(7-5-9)12(18)14-8-2-3-11-15-13(19)17-16-11/h4,10H,2-3,5-8H2,1H3,(H,14,18)(H2,15,16,17,19)/t10-/m0/s1. The number of rotatable bonds is 5. The van der Waals surface area contributed by atoms with E-state index in [1.54, 1.807) is 0 Å². The topological polar surface area (TPSA) is 90.6 Å². The highest BCUT2D eigenvalue weighted by molar-refractivity contribution is 5.78. The van der Waals surface area contributed by atoms with E-state index in [0.29, 0.717) is 18.8 Å². The van der Waals surface area contributed by atoms with E-state index in [1.165, 1.54) is 5.57 Å². The Morgan fingerprint density at radius 3 is 3.05 bits per heavy atom. The molecule has 6 heteroatoms. The third-order valence-corrected chi connectivity index (χ3v) is 3.45. The van der Waals surface area contributed by atoms with Crippen LogP contribution in [0.25, 0.3) is 0 Å². The lowest BCUT2D eigenvalue weighted by Gasteiger charge is -2.19. The highest BCUT2D eigenvalue weighted by Crippen LogP contribution is 2.22. The second-order valence-electron chi connectivity index (χ2n) is 5.04. The van der Waals surface area contributed by atoms with E-state index < -0.39 is 0 Å². The molecule has 19 heavy (non-hydrogen) atoms. The number of hydrogen-bond acceptors (Lipinski definition) is 3. The van der Waals surface area contributed by atoms with Crippen LogP contribution in [0.2, 0.25) is 0 Å². The van der Waals surface area contributed by atoms with E-state index in [-0.39, 0.29) is 17.5 Å². The van der Waals surface area contributed by atoms with Gasteiger partial charge in [0.2, 0.25) is 5.91 Å². The van der Waals surface area contributed by atoms with Gasteiger partial charge in [-0.25, -0.2) is 9.89 Å². The summed E-state index contributed by atoms with van der Waals surface area (Å²) in [6, 6.07) is 0. The summed E-state index contributed by atoms with van der Waals surface area (Å²) in [5.41, 5.74) is 1.09. The molecule has 0 unspecified atom stereocenters. The maximum absolute atomic E-state index is 11.9. The number of aromatic amines is 2. The van der Waals surface area contributed by atoms with Gasteiger partial charge in [-0.15, -0.1) is 0 Å². The molecule has 6 nitrogen and oxygen atoms in total. The molecule has 0 spiro atoms. The summed E-state index contributed by atoms with van der Waals surface area (Å²) in [5.74, 6) is 0.892. The highest BCUT2D eigenvalue weighted by Gasteiger charge is 2.19.